The molecule has 6 heteroatoms. The lowest BCUT2D eigenvalue weighted by Crippen LogP contribution is -2.40. The summed E-state index contributed by atoms with van der Waals surface area (Å²) in [6.07, 6.45) is 2.16. The second-order valence-electron chi connectivity index (χ2n) is 4.43. The Morgan fingerprint density at radius 3 is 2.61 bits per heavy atom. The van der Waals surface area contributed by atoms with Gasteiger partial charge in [0.15, 0.2) is 0 Å². The van der Waals surface area contributed by atoms with Crippen LogP contribution in [0.4, 0.5) is 8.78 Å². The highest BCUT2D eigenvalue weighted by molar-refractivity contribution is 9.09. The van der Waals surface area contributed by atoms with E-state index >= 15 is 0 Å². The van der Waals surface area contributed by atoms with Crippen LogP contribution in [0.1, 0.15) is 32.1 Å². The third-order valence-corrected chi connectivity index (χ3v) is 3.47. The molecule has 0 bridgehead atoms. The quantitative estimate of drug-likeness (QED) is 0.507. The number of carbonyl (C=O) groups excluding carboxylic acids is 1. The molecule has 18 heavy (non-hydrogen) atoms. The van der Waals surface area contributed by atoms with E-state index in [9.17, 15) is 13.6 Å². The van der Waals surface area contributed by atoms with Crippen LogP contribution in [0.25, 0.3) is 0 Å². The molecule has 1 amide bonds. The Balaban J connectivity index is 2.30. The molecule has 0 unspecified atom stereocenters. The number of carbonyl (C=O) groups is 1. The van der Waals surface area contributed by atoms with Gasteiger partial charge < -0.3 is 9.64 Å². The van der Waals surface area contributed by atoms with Gasteiger partial charge in [-0.05, 0) is 12.8 Å². The summed E-state index contributed by atoms with van der Waals surface area (Å²) in [4.78, 5) is 13.9. The molecule has 0 heterocycles. The monoisotopic (exact) mass is 327 g/mol. The molecule has 1 aliphatic carbocycles. The standard InChI is InChI=1S/C12H20BrF2NO2/c13-6-7-16(10-3-1-2-4-10)12(17)5-8-18-9-11(14)15/h10-11H,1-9H2. The third kappa shape index (κ3) is 5.61. The van der Waals surface area contributed by atoms with Gasteiger partial charge in [-0.1, -0.05) is 28.8 Å². The zero-order chi connectivity index (χ0) is 13.4. The van der Waals surface area contributed by atoms with Gasteiger partial charge in [-0.25, -0.2) is 8.78 Å². The number of ether oxygens (including phenoxy) is 1. The minimum atomic E-state index is -2.46. The van der Waals surface area contributed by atoms with Crippen molar-refractivity contribution in [3.8, 4) is 0 Å². The van der Waals surface area contributed by atoms with E-state index in [4.69, 9.17) is 4.74 Å². The lowest BCUT2D eigenvalue weighted by Gasteiger charge is -2.28. The van der Waals surface area contributed by atoms with Crippen LogP contribution >= 0.6 is 15.9 Å². The zero-order valence-electron chi connectivity index (χ0n) is 10.4. The lowest BCUT2D eigenvalue weighted by atomic mass is 10.2. The second kappa shape index (κ2) is 8.80. The number of hydrogen-bond donors (Lipinski definition) is 0. The van der Waals surface area contributed by atoms with Crippen LogP contribution in [0.15, 0.2) is 0 Å². The molecule has 0 aromatic rings. The summed E-state index contributed by atoms with van der Waals surface area (Å²) in [7, 11) is 0. The second-order valence-corrected chi connectivity index (χ2v) is 5.22. The summed E-state index contributed by atoms with van der Waals surface area (Å²) in [5, 5.41) is 0.743. The lowest BCUT2D eigenvalue weighted by molar-refractivity contribution is -0.134. The summed E-state index contributed by atoms with van der Waals surface area (Å²) in [6.45, 7) is 0.169. The first kappa shape index (κ1) is 15.8. The molecule has 3 nitrogen and oxygen atoms in total. The predicted octanol–water partition coefficient (Wildman–Crippen LogP) is 2.82. The van der Waals surface area contributed by atoms with E-state index in [1.807, 2.05) is 4.90 Å². The van der Waals surface area contributed by atoms with Crippen molar-refractivity contribution < 1.29 is 18.3 Å². The Kier molecular flexibility index (Phi) is 7.74. The Hall–Kier alpha value is -0.230. The Labute approximate surface area is 115 Å². The van der Waals surface area contributed by atoms with E-state index in [1.54, 1.807) is 0 Å². The van der Waals surface area contributed by atoms with Crippen molar-refractivity contribution in [3.05, 3.63) is 0 Å². The van der Waals surface area contributed by atoms with Gasteiger partial charge in [-0.15, -0.1) is 0 Å². The number of nitrogens with zero attached hydrogens (tertiary/aromatic N) is 1. The van der Waals surface area contributed by atoms with Gasteiger partial charge in [0.05, 0.1) is 13.0 Å². The third-order valence-electron chi connectivity index (χ3n) is 3.12. The summed E-state index contributed by atoms with van der Waals surface area (Å²) >= 11 is 3.34. The number of hydrogen-bond acceptors (Lipinski definition) is 2. The first-order chi connectivity index (χ1) is 8.65. The molecular formula is C12H20BrF2NO2. The van der Waals surface area contributed by atoms with Crippen LogP contribution in [-0.2, 0) is 9.53 Å². The van der Waals surface area contributed by atoms with E-state index in [0.717, 1.165) is 18.2 Å². The van der Waals surface area contributed by atoms with Crippen LogP contribution in [0.5, 0.6) is 0 Å². The smallest absolute Gasteiger partial charge is 0.261 e. The molecule has 0 atom stereocenters. The zero-order valence-corrected chi connectivity index (χ0v) is 12.0. The van der Waals surface area contributed by atoms with Gasteiger partial charge in [0.1, 0.15) is 6.61 Å². The van der Waals surface area contributed by atoms with Crippen molar-refractivity contribution in [2.75, 3.05) is 25.1 Å². The first-order valence-electron chi connectivity index (χ1n) is 6.36. The summed E-state index contributed by atoms with van der Waals surface area (Å²) in [5.41, 5.74) is 0. The highest BCUT2D eigenvalue weighted by Crippen LogP contribution is 2.24. The number of alkyl halides is 3. The SMILES string of the molecule is O=C(CCOCC(F)F)N(CCBr)C1CCCC1. The van der Waals surface area contributed by atoms with Crippen LogP contribution in [0.3, 0.4) is 0 Å². The first-order valence-corrected chi connectivity index (χ1v) is 7.48. The molecule has 0 N–H and O–H groups in total. The highest BCUT2D eigenvalue weighted by Gasteiger charge is 2.25. The number of rotatable bonds is 8. The fourth-order valence-corrected chi connectivity index (χ4v) is 2.68. The largest absolute Gasteiger partial charge is 0.375 e. The maximum absolute atomic E-state index is 12.0. The maximum atomic E-state index is 12.0. The van der Waals surface area contributed by atoms with Crippen molar-refractivity contribution >= 4 is 21.8 Å². The summed E-state index contributed by atoms with van der Waals surface area (Å²) in [6, 6.07) is 0.324. The topological polar surface area (TPSA) is 29.5 Å². The minimum Gasteiger partial charge on any atom is -0.375 e. The van der Waals surface area contributed by atoms with Crippen molar-refractivity contribution in [1.29, 1.82) is 0 Å². The minimum absolute atomic E-state index is 0.00983. The molecule has 1 rings (SSSR count). The predicted molar refractivity (Wildman–Crippen MR) is 69.2 cm³/mol. The van der Waals surface area contributed by atoms with Gasteiger partial charge in [-0.2, -0.15) is 0 Å². The molecule has 0 aliphatic heterocycles. The van der Waals surface area contributed by atoms with E-state index in [-0.39, 0.29) is 18.9 Å². The molecule has 0 spiro atoms. The van der Waals surface area contributed by atoms with Gasteiger partial charge >= 0.3 is 0 Å². The van der Waals surface area contributed by atoms with Gasteiger partial charge in [0, 0.05) is 17.9 Å². The fourth-order valence-electron chi connectivity index (χ4n) is 2.29. The summed E-state index contributed by atoms with van der Waals surface area (Å²) < 4.78 is 28.5. The van der Waals surface area contributed by atoms with E-state index in [1.165, 1.54) is 12.8 Å². The van der Waals surface area contributed by atoms with Crippen molar-refractivity contribution in [3.63, 3.8) is 0 Å². The van der Waals surface area contributed by atoms with Crippen molar-refractivity contribution in [2.24, 2.45) is 0 Å². The van der Waals surface area contributed by atoms with Crippen LogP contribution < -0.4 is 0 Å². The summed E-state index contributed by atoms with van der Waals surface area (Å²) in [5.74, 6) is 0.00983. The highest BCUT2D eigenvalue weighted by atomic mass is 79.9. The van der Waals surface area contributed by atoms with E-state index < -0.39 is 13.0 Å². The molecule has 1 aliphatic rings. The van der Waals surface area contributed by atoms with Crippen molar-refractivity contribution in [2.45, 2.75) is 44.6 Å². The van der Waals surface area contributed by atoms with Crippen LogP contribution in [0.2, 0.25) is 0 Å². The average Bonchev–Trinajstić information content (AvgIpc) is 2.84. The number of amides is 1. The molecule has 106 valence electrons. The van der Waals surface area contributed by atoms with Gasteiger partial charge in [0.25, 0.3) is 6.43 Å². The average molecular weight is 328 g/mol. The normalized spacial score (nSPS) is 16.4. The molecule has 0 aromatic heterocycles. The maximum Gasteiger partial charge on any atom is 0.261 e. The van der Waals surface area contributed by atoms with Crippen LogP contribution in [-0.4, -0.2) is 48.4 Å². The molecule has 1 saturated carbocycles. The molecule has 0 radical (unpaired) electrons. The Morgan fingerprint density at radius 2 is 2.06 bits per heavy atom. The van der Waals surface area contributed by atoms with Crippen LogP contribution in [0, 0.1) is 0 Å². The number of halogens is 3. The molecule has 0 saturated heterocycles. The van der Waals surface area contributed by atoms with Gasteiger partial charge in [0.2, 0.25) is 5.91 Å². The van der Waals surface area contributed by atoms with Gasteiger partial charge in [-0.3, -0.25) is 4.79 Å². The van der Waals surface area contributed by atoms with E-state index in [2.05, 4.69) is 15.9 Å². The van der Waals surface area contributed by atoms with E-state index in [0.29, 0.717) is 12.6 Å². The molecule has 1 fully saturated rings. The Morgan fingerprint density at radius 1 is 1.39 bits per heavy atom. The molecular weight excluding hydrogens is 308 g/mol. The fraction of sp³-hybridized carbons (Fsp3) is 0.917. The Bertz CT molecular complexity index is 248. The van der Waals surface area contributed by atoms with Crippen molar-refractivity contribution in [1.82, 2.24) is 4.90 Å². The molecule has 0 aromatic carbocycles.